The first-order valence-electron chi connectivity index (χ1n) is 11.0. The van der Waals surface area contributed by atoms with E-state index in [2.05, 4.69) is 39.9 Å². The minimum absolute atomic E-state index is 0.154. The first-order chi connectivity index (χ1) is 15.6. The predicted octanol–water partition coefficient (Wildman–Crippen LogP) is 6.27. The van der Waals surface area contributed by atoms with Gasteiger partial charge in [0.15, 0.2) is 5.13 Å². The van der Waals surface area contributed by atoms with Crippen LogP contribution in [0, 0.1) is 0 Å². The number of amides is 2. The minimum atomic E-state index is -0.295. The molecular formula is C25H26ClN3O2S. The molecule has 4 rings (SSSR count). The molecule has 1 aliphatic rings. The van der Waals surface area contributed by atoms with Crippen LogP contribution >= 0.6 is 22.9 Å². The number of thiazole rings is 1. The summed E-state index contributed by atoms with van der Waals surface area (Å²) in [6.07, 6.45) is 6.73. The van der Waals surface area contributed by atoms with Crippen LogP contribution in [-0.2, 0) is 4.79 Å². The zero-order valence-corrected chi connectivity index (χ0v) is 19.3. The lowest BCUT2D eigenvalue weighted by atomic mass is 9.84. The van der Waals surface area contributed by atoms with Crippen LogP contribution in [0.2, 0.25) is 5.02 Å². The Morgan fingerprint density at radius 1 is 1.03 bits per heavy atom. The lowest BCUT2D eigenvalue weighted by Crippen LogP contribution is -2.27. The van der Waals surface area contributed by atoms with Crippen LogP contribution in [0.4, 0.5) is 5.13 Å². The summed E-state index contributed by atoms with van der Waals surface area (Å²) in [6.45, 7) is 0.219. The van der Waals surface area contributed by atoms with Crippen molar-refractivity contribution in [3.05, 3.63) is 70.1 Å². The molecule has 0 unspecified atom stereocenters. The third-order valence-electron chi connectivity index (χ3n) is 5.79. The zero-order chi connectivity index (χ0) is 22.3. The molecule has 0 aliphatic heterocycles. The third-order valence-corrected chi connectivity index (χ3v) is 6.88. The van der Waals surface area contributed by atoms with Crippen molar-refractivity contribution >= 4 is 39.9 Å². The van der Waals surface area contributed by atoms with Crippen LogP contribution in [0.1, 0.15) is 60.4 Å². The molecule has 1 heterocycles. The number of carbonyl (C=O) groups is 2. The topological polar surface area (TPSA) is 71.1 Å². The highest BCUT2D eigenvalue weighted by Gasteiger charge is 2.16. The second-order valence-corrected chi connectivity index (χ2v) is 9.29. The van der Waals surface area contributed by atoms with Gasteiger partial charge in [0.2, 0.25) is 5.91 Å². The van der Waals surface area contributed by atoms with Gasteiger partial charge in [0.1, 0.15) is 0 Å². The Hall–Kier alpha value is -2.70. The number of halogens is 1. The lowest BCUT2D eigenvalue weighted by molar-refractivity contribution is -0.116. The van der Waals surface area contributed by atoms with Gasteiger partial charge in [0.05, 0.1) is 16.3 Å². The Morgan fingerprint density at radius 3 is 2.53 bits per heavy atom. The van der Waals surface area contributed by atoms with Gasteiger partial charge < -0.3 is 10.6 Å². The molecule has 0 radical (unpaired) electrons. The summed E-state index contributed by atoms with van der Waals surface area (Å²) in [5.74, 6) is 0.191. The molecule has 0 bridgehead atoms. The van der Waals surface area contributed by atoms with Gasteiger partial charge in [0.25, 0.3) is 5.91 Å². The highest BCUT2D eigenvalue weighted by Crippen LogP contribution is 2.34. The number of benzene rings is 2. The summed E-state index contributed by atoms with van der Waals surface area (Å²) < 4.78 is 0. The molecule has 3 aromatic rings. The van der Waals surface area contributed by atoms with E-state index in [0.717, 1.165) is 11.3 Å². The molecule has 5 nitrogen and oxygen atoms in total. The van der Waals surface area contributed by atoms with Crippen molar-refractivity contribution in [2.45, 2.75) is 44.4 Å². The number of aromatic nitrogens is 1. The van der Waals surface area contributed by atoms with Gasteiger partial charge in [-0.05, 0) is 36.5 Å². The molecule has 0 atom stereocenters. The van der Waals surface area contributed by atoms with Crippen LogP contribution in [0.25, 0.3) is 11.3 Å². The number of hydrogen-bond acceptors (Lipinski definition) is 4. The van der Waals surface area contributed by atoms with E-state index in [9.17, 15) is 9.59 Å². The molecular weight excluding hydrogens is 442 g/mol. The summed E-state index contributed by atoms with van der Waals surface area (Å²) in [5.41, 5.74) is 3.71. The smallest absolute Gasteiger partial charge is 0.252 e. The van der Waals surface area contributed by atoms with Gasteiger partial charge in [0, 0.05) is 23.9 Å². The summed E-state index contributed by atoms with van der Waals surface area (Å²) in [5, 5.41) is 8.42. The quantitative estimate of drug-likeness (QED) is 0.430. The molecule has 2 aromatic carbocycles. The van der Waals surface area contributed by atoms with Crippen molar-refractivity contribution < 1.29 is 9.59 Å². The molecule has 0 saturated heterocycles. The van der Waals surface area contributed by atoms with Crippen molar-refractivity contribution in [3.8, 4) is 11.3 Å². The Balaban J connectivity index is 1.27. The zero-order valence-electron chi connectivity index (χ0n) is 17.8. The third kappa shape index (κ3) is 5.75. The van der Waals surface area contributed by atoms with Gasteiger partial charge in [-0.25, -0.2) is 4.98 Å². The van der Waals surface area contributed by atoms with Crippen LogP contribution in [0.3, 0.4) is 0 Å². The first kappa shape index (κ1) is 22.5. The number of hydrogen-bond donors (Lipinski definition) is 2. The number of nitrogens with zero attached hydrogens (tertiary/aromatic N) is 1. The Morgan fingerprint density at radius 2 is 1.78 bits per heavy atom. The predicted molar refractivity (Wildman–Crippen MR) is 130 cm³/mol. The van der Waals surface area contributed by atoms with Gasteiger partial charge in [-0.15, -0.1) is 11.3 Å². The van der Waals surface area contributed by atoms with Gasteiger partial charge in [-0.1, -0.05) is 67.3 Å². The van der Waals surface area contributed by atoms with Crippen molar-refractivity contribution in [1.82, 2.24) is 10.3 Å². The maximum absolute atomic E-state index is 12.2. The molecule has 0 spiro atoms. The van der Waals surface area contributed by atoms with E-state index >= 15 is 0 Å². The van der Waals surface area contributed by atoms with E-state index in [4.69, 9.17) is 11.6 Å². The average molecular weight is 468 g/mol. The SMILES string of the molecule is O=C(CCNC(=O)c1ccccc1Cl)Nc1nc(-c2ccc(C3CCCCC3)cc2)cs1. The van der Waals surface area contributed by atoms with Crippen LogP contribution in [0.15, 0.2) is 53.9 Å². The van der Waals surface area contributed by atoms with E-state index in [1.807, 2.05) is 5.38 Å². The van der Waals surface area contributed by atoms with Crippen molar-refractivity contribution in [3.63, 3.8) is 0 Å². The van der Waals surface area contributed by atoms with Crippen LogP contribution in [0.5, 0.6) is 0 Å². The second kappa shape index (κ2) is 10.7. The number of nitrogens with one attached hydrogen (secondary N) is 2. The monoisotopic (exact) mass is 467 g/mol. The Kier molecular flexibility index (Phi) is 7.55. The van der Waals surface area contributed by atoms with E-state index in [1.165, 1.54) is 49.0 Å². The Labute approximate surface area is 197 Å². The molecule has 2 amide bonds. The lowest BCUT2D eigenvalue weighted by Gasteiger charge is -2.22. The standard InChI is InChI=1S/C25H26ClN3O2S/c26-21-9-5-4-8-20(21)24(31)27-15-14-23(30)29-25-28-22(16-32-25)19-12-10-18(11-13-19)17-6-2-1-3-7-17/h4-5,8-13,16-17H,1-3,6-7,14-15H2,(H,27,31)(H,28,29,30). The first-order valence-corrected chi connectivity index (χ1v) is 12.2. The van der Waals surface area contributed by atoms with Crippen molar-refractivity contribution in [2.75, 3.05) is 11.9 Å². The summed E-state index contributed by atoms with van der Waals surface area (Å²) >= 11 is 7.42. The second-order valence-electron chi connectivity index (χ2n) is 8.03. The molecule has 166 valence electrons. The fourth-order valence-corrected chi connectivity index (χ4v) is 5.00. The van der Waals surface area contributed by atoms with Gasteiger partial charge >= 0.3 is 0 Å². The van der Waals surface area contributed by atoms with E-state index in [-0.39, 0.29) is 24.8 Å². The number of anilines is 1. The molecule has 32 heavy (non-hydrogen) atoms. The van der Waals surface area contributed by atoms with Gasteiger partial charge in [-0.2, -0.15) is 0 Å². The molecule has 7 heteroatoms. The fraction of sp³-hybridized carbons (Fsp3) is 0.320. The van der Waals surface area contributed by atoms with Crippen molar-refractivity contribution in [1.29, 1.82) is 0 Å². The van der Waals surface area contributed by atoms with E-state index < -0.39 is 0 Å². The summed E-state index contributed by atoms with van der Waals surface area (Å²) in [7, 11) is 0. The minimum Gasteiger partial charge on any atom is -0.351 e. The fourth-order valence-electron chi connectivity index (χ4n) is 4.04. The average Bonchev–Trinajstić information content (AvgIpc) is 3.28. The van der Waals surface area contributed by atoms with E-state index in [1.54, 1.807) is 24.3 Å². The van der Waals surface area contributed by atoms with Gasteiger partial charge in [-0.3, -0.25) is 9.59 Å². The highest BCUT2D eigenvalue weighted by atomic mass is 35.5. The largest absolute Gasteiger partial charge is 0.351 e. The number of carbonyl (C=O) groups excluding carboxylic acids is 2. The molecule has 2 N–H and O–H groups in total. The summed E-state index contributed by atoms with van der Waals surface area (Å²) in [4.78, 5) is 28.9. The van der Waals surface area contributed by atoms with Crippen LogP contribution < -0.4 is 10.6 Å². The van der Waals surface area contributed by atoms with Crippen molar-refractivity contribution in [2.24, 2.45) is 0 Å². The normalized spacial score (nSPS) is 14.2. The molecule has 1 aliphatic carbocycles. The maximum atomic E-state index is 12.2. The Bertz CT molecular complexity index is 1070. The maximum Gasteiger partial charge on any atom is 0.252 e. The number of rotatable bonds is 7. The summed E-state index contributed by atoms with van der Waals surface area (Å²) in [6, 6.07) is 15.5. The van der Waals surface area contributed by atoms with E-state index in [0.29, 0.717) is 21.6 Å². The molecule has 1 aromatic heterocycles. The van der Waals surface area contributed by atoms with Crippen LogP contribution in [-0.4, -0.2) is 23.3 Å². The highest BCUT2D eigenvalue weighted by molar-refractivity contribution is 7.14. The molecule has 1 fully saturated rings. The molecule has 1 saturated carbocycles.